The minimum atomic E-state index is -0.998. The number of methoxy groups -OCH3 is 1. The van der Waals surface area contributed by atoms with Crippen molar-refractivity contribution in [2.45, 2.75) is 13.3 Å². The molecule has 0 aliphatic heterocycles. The van der Waals surface area contributed by atoms with E-state index in [1.807, 2.05) is 12.1 Å². The molecule has 1 unspecified atom stereocenters. The van der Waals surface area contributed by atoms with E-state index in [1.165, 1.54) is 20.1 Å². The standard InChI is InChI=1S/C18H19NO5S/c1-11(20)14-8-16(25-10-14)17(21)19-9-13(18(22)23)7-12-5-3-4-6-15(12)24-2/h3-6,8,10,13H,7,9H2,1-2H3,(H,19,21)(H,22,23). The van der Waals surface area contributed by atoms with Crippen molar-refractivity contribution in [3.63, 3.8) is 0 Å². The van der Waals surface area contributed by atoms with E-state index in [0.717, 1.165) is 16.9 Å². The summed E-state index contributed by atoms with van der Waals surface area (Å²) >= 11 is 1.16. The van der Waals surface area contributed by atoms with Gasteiger partial charge in [-0.15, -0.1) is 11.3 Å². The molecule has 7 heteroatoms. The first kappa shape index (κ1) is 18.7. The molecule has 0 bridgehead atoms. The summed E-state index contributed by atoms with van der Waals surface area (Å²) in [6, 6.07) is 8.70. The number of amides is 1. The third-order valence-electron chi connectivity index (χ3n) is 3.75. The molecule has 0 saturated heterocycles. The van der Waals surface area contributed by atoms with Crippen LogP contribution in [0.4, 0.5) is 0 Å². The first-order chi connectivity index (χ1) is 11.9. The fraction of sp³-hybridized carbons (Fsp3) is 0.278. The highest BCUT2D eigenvalue weighted by Crippen LogP contribution is 2.21. The molecule has 2 rings (SSSR count). The average molecular weight is 361 g/mol. The number of thiophene rings is 1. The second-order valence-electron chi connectivity index (χ2n) is 5.52. The number of nitrogens with one attached hydrogen (secondary N) is 1. The number of Topliss-reactive ketones (excluding diaryl/α,β-unsaturated/α-hetero) is 1. The largest absolute Gasteiger partial charge is 0.496 e. The van der Waals surface area contributed by atoms with Crippen LogP contribution in [0.5, 0.6) is 5.75 Å². The Balaban J connectivity index is 2.02. The van der Waals surface area contributed by atoms with Crippen LogP contribution in [0.25, 0.3) is 0 Å². The van der Waals surface area contributed by atoms with Crippen molar-refractivity contribution in [3.8, 4) is 5.75 Å². The second kappa shape index (κ2) is 8.43. The fourth-order valence-electron chi connectivity index (χ4n) is 2.33. The molecule has 0 saturated carbocycles. The van der Waals surface area contributed by atoms with E-state index in [1.54, 1.807) is 17.5 Å². The number of hydrogen-bond donors (Lipinski definition) is 2. The van der Waals surface area contributed by atoms with Crippen LogP contribution in [-0.2, 0) is 11.2 Å². The fourth-order valence-corrected chi connectivity index (χ4v) is 3.19. The molecule has 1 atom stereocenters. The summed E-state index contributed by atoms with van der Waals surface area (Å²) in [5.41, 5.74) is 1.24. The minimum Gasteiger partial charge on any atom is -0.496 e. The summed E-state index contributed by atoms with van der Waals surface area (Å²) in [7, 11) is 1.53. The van der Waals surface area contributed by atoms with Gasteiger partial charge in [0.2, 0.25) is 0 Å². The Morgan fingerprint density at radius 2 is 2.00 bits per heavy atom. The Labute approximate surface area is 149 Å². The highest BCUT2D eigenvalue weighted by molar-refractivity contribution is 7.12. The maximum absolute atomic E-state index is 12.2. The van der Waals surface area contributed by atoms with Gasteiger partial charge in [0.15, 0.2) is 5.78 Å². The maximum Gasteiger partial charge on any atom is 0.308 e. The zero-order valence-corrected chi connectivity index (χ0v) is 14.8. The van der Waals surface area contributed by atoms with Crippen LogP contribution >= 0.6 is 11.3 Å². The Bertz CT molecular complexity index is 783. The third-order valence-corrected chi connectivity index (χ3v) is 4.68. The van der Waals surface area contributed by atoms with Crippen molar-refractivity contribution in [2.75, 3.05) is 13.7 Å². The number of aliphatic carboxylic acids is 1. The third kappa shape index (κ3) is 4.90. The molecule has 1 heterocycles. The molecule has 0 fully saturated rings. The molecule has 6 nitrogen and oxygen atoms in total. The van der Waals surface area contributed by atoms with Gasteiger partial charge >= 0.3 is 5.97 Å². The maximum atomic E-state index is 12.2. The van der Waals surface area contributed by atoms with Gasteiger partial charge in [-0.05, 0) is 31.0 Å². The predicted octanol–water partition coefficient (Wildman–Crippen LogP) is 2.63. The summed E-state index contributed by atoms with van der Waals surface area (Å²) < 4.78 is 5.24. The van der Waals surface area contributed by atoms with E-state index in [-0.39, 0.29) is 24.7 Å². The molecular formula is C18H19NO5S. The lowest BCUT2D eigenvalue weighted by molar-refractivity contribution is -0.141. The Hall–Kier alpha value is -2.67. The summed E-state index contributed by atoms with van der Waals surface area (Å²) in [5.74, 6) is -1.67. The van der Waals surface area contributed by atoms with Crippen LogP contribution in [-0.4, -0.2) is 36.4 Å². The van der Waals surface area contributed by atoms with Gasteiger partial charge in [0.25, 0.3) is 5.91 Å². The first-order valence-electron chi connectivity index (χ1n) is 7.64. The lowest BCUT2D eigenvalue weighted by Gasteiger charge is -2.15. The average Bonchev–Trinajstić information content (AvgIpc) is 3.08. The molecule has 1 amide bonds. The van der Waals surface area contributed by atoms with Crippen molar-refractivity contribution >= 4 is 29.0 Å². The highest BCUT2D eigenvalue weighted by Gasteiger charge is 2.21. The van der Waals surface area contributed by atoms with Gasteiger partial charge in [-0.25, -0.2) is 0 Å². The van der Waals surface area contributed by atoms with E-state index < -0.39 is 11.9 Å². The molecule has 132 valence electrons. The zero-order valence-electron chi connectivity index (χ0n) is 13.9. The number of carbonyl (C=O) groups is 3. The van der Waals surface area contributed by atoms with Crippen molar-refractivity contribution in [1.29, 1.82) is 0 Å². The number of carboxylic acid groups (broad SMARTS) is 1. The molecule has 2 aromatic rings. The number of para-hydroxylation sites is 1. The molecule has 2 N–H and O–H groups in total. The predicted molar refractivity (Wildman–Crippen MR) is 94.5 cm³/mol. The molecule has 0 aliphatic rings. The molecule has 1 aromatic carbocycles. The van der Waals surface area contributed by atoms with Crippen LogP contribution in [0.1, 0.15) is 32.5 Å². The van der Waals surface area contributed by atoms with E-state index in [4.69, 9.17) is 4.74 Å². The Morgan fingerprint density at radius 1 is 1.28 bits per heavy atom. The van der Waals surface area contributed by atoms with Gasteiger partial charge in [0.05, 0.1) is 17.9 Å². The smallest absolute Gasteiger partial charge is 0.308 e. The van der Waals surface area contributed by atoms with Crippen LogP contribution in [0.2, 0.25) is 0 Å². The van der Waals surface area contributed by atoms with Crippen LogP contribution in [0, 0.1) is 5.92 Å². The number of rotatable bonds is 8. The SMILES string of the molecule is COc1ccccc1CC(CNC(=O)c1cc(C(C)=O)cs1)C(=O)O. The summed E-state index contributed by atoms with van der Waals surface area (Å²) in [6.07, 6.45) is 0.239. The molecular weight excluding hydrogens is 342 g/mol. The lowest BCUT2D eigenvalue weighted by Crippen LogP contribution is -2.33. The zero-order chi connectivity index (χ0) is 18.4. The highest BCUT2D eigenvalue weighted by atomic mass is 32.1. The van der Waals surface area contributed by atoms with Gasteiger partial charge in [0, 0.05) is 17.5 Å². The number of carboxylic acids is 1. The van der Waals surface area contributed by atoms with Gasteiger partial charge < -0.3 is 15.2 Å². The summed E-state index contributed by atoms with van der Waals surface area (Å²) in [6.45, 7) is 1.41. The van der Waals surface area contributed by atoms with Crippen LogP contribution < -0.4 is 10.1 Å². The van der Waals surface area contributed by atoms with Gasteiger partial charge in [-0.2, -0.15) is 0 Å². The molecule has 0 radical (unpaired) electrons. The lowest BCUT2D eigenvalue weighted by atomic mass is 9.98. The molecule has 0 aliphatic carbocycles. The number of ether oxygens (including phenoxy) is 1. The number of hydrogen-bond acceptors (Lipinski definition) is 5. The van der Waals surface area contributed by atoms with E-state index in [2.05, 4.69) is 5.32 Å². The number of carbonyl (C=O) groups excluding carboxylic acids is 2. The van der Waals surface area contributed by atoms with Crippen molar-refractivity contribution < 1.29 is 24.2 Å². The normalized spacial score (nSPS) is 11.6. The van der Waals surface area contributed by atoms with Crippen molar-refractivity contribution in [1.82, 2.24) is 5.32 Å². The Kier molecular flexibility index (Phi) is 6.30. The van der Waals surface area contributed by atoms with Gasteiger partial charge in [0.1, 0.15) is 5.75 Å². The number of ketones is 1. The quantitative estimate of drug-likeness (QED) is 0.705. The Morgan fingerprint density at radius 3 is 2.60 bits per heavy atom. The van der Waals surface area contributed by atoms with E-state index in [0.29, 0.717) is 16.2 Å². The van der Waals surface area contributed by atoms with Crippen LogP contribution in [0.3, 0.4) is 0 Å². The van der Waals surface area contributed by atoms with E-state index in [9.17, 15) is 19.5 Å². The van der Waals surface area contributed by atoms with Crippen molar-refractivity contribution in [2.24, 2.45) is 5.92 Å². The second-order valence-corrected chi connectivity index (χ2v) is 6.43. The topological polar surface area (TPSA) is 92.7 Å². The summed E-state index contributed by atoms with van der Waals surface area (Å²) in [4.78, 5) is 35.3. The first-order valence-corrected chi connectivity index (χ1v) is 8.52. The van der Waals surface area contributed by atoms with E-state index >= 15 is 0 Å². The van der Waals surface area contributed by atoms with Gasteiger partial charge in [-0.3, -0.25) is 14.4 Å². The monoisotopic (exact) mass is 361 g/mol. The van der Waals surface area contributed by atoms with Crippen molar-refractivity contribution in [3.05, 3.63) is 51.7 Å². The molecule has 25 heavy (non-hydrogen) atoms. The van der Waals surface area contributed by atoms with Gasteiger partial charge in [-0.1, -0.05) is 18.2 Å². The van der Waals surface area contributed by atoms with Crippen LogP contribution in [0.15, 0.2) is 35.7 Å². The molecule has 0 spiro atoms. The summed E-state index contributed by atoms with van der Waals surface area (Å²) in [5, 5.41) is 13.7. The molecule has 1 aromatic heterocycles. The number of benzene rings is 1. The minimum absolute atomic E-state index is 0.0144.